The predicted molar refractivity (Wildman–Crippen MR) is 57.7 cm³/mol. The topological polar surface area (TPSA) is 50.4 Å². The average Bonchev–Trinajstić information content (AvgIpc) is 2.59. The molecule has 1 aromatic heterocycles. The van der Waals surface area contributed by atoms with Gasteiger partial charge in [0, 0.05) is 5.39 Å². The molecule has 78 valence electrons. The Kier molecular flexibility index (Phi) is 2.20. The third kappa shape index (κ3) is 1.49. The van der Waals surface area contributed by atoms with Crippen molar-refractivity contribution >= 4 is 28.5 Å². The van der Waals surface area contributed by atoms with E-state index in [1.54, 1.807) is 6.07 Å². The van der Waals surface area contributed by atoms with Gasteiger partial charge < -0.3 is 9.52 Å². The third-order valence-corrected chi connectivity index (χ3v) is 2.78. The summed E-state index contributed by atoms with van der Waals surface area (Å²) in [5.41, 5.74) is 2.45. The van der Waals surface area contributed by atoms with Gasteiger partial charge in [-0.2, -0.15) is 0 Å². The summed E-state index contributed by atoms with van der Waals surface area (Å²) in [5, 5.41) is 10.0. The number of benzene rings is 1. The lowest BCUT2D eigenvalue weighted by Gasteiger charge is -2.01. The lowest BCUT2D eigenvalue weighted by molar-refractivity contribution is 0.0665. The van der Waals surface area contributed by atoms with E-state index in [0.717, 1.165) is 16.5 Å². The van der Waals surface area contributed by atoms with E-state index < -0.39 is 5.97 Å². The molecule has 0 atom stereocenters. The molecule has 4 heteroatoms. The van der Waals surface area contributed by atoms with Crippen molar-refractivity contribution in [1.82, 2.24) is 0 Å². The number of rotatable bonds is 1. The Bertz CT molecular complexity index is 554. The monoisotopic (exact) mass is 224 g/mol. The van der Waals surface area contributed by atoms with E-state index in [0.29, 0.717) is 10.6 Å². The lowest BCUT2D eigenvalue weighted by Crippen LogP contribution is -1.91. The molecule has 0 unspecified atom stereocenters. The highest BCUT2D eigenvalue weighted by Crippen LogP contribution is 2.31. The second kappa shape index (κ2) is 3.28. The maximum absolute atomic E-state index is 10.7. The number of hydrogen-bond donors (Lipinski definition) is 1. The Labute approximate surface area is 91.3 Å². The lowest BCUT2D eigenvalue weighted by atomic mass is 10.1. The van der Waals surface area contributed by atoms with Crippen LogP contribution in [0.15, 0.2) is 16.5 Å². The molecule has 0 radical (unpaired) electrons. The number of fused-ring (bicyclic) bond motifs is 1. The van der Waals surface area contributed by atoms with Gasteiger partial charge in [-0.05, 0) is 37.1 Å². The fourth-order valence-corrected chi connectivity index (χ4v) is 1.83. The second-order valence-electron chi connectivity index (χ2n) is 3.46. The summed E-state index contributed by atoms with van der Waals surface area (Å²) in [6, 6.07) is 3.28. The van der Waals surface area contributed by atoms with E-state index in [4.69, 9.17) is 21.1 Å². The maximum atomic E-state index is 10.7. The molecule has 0 aliphatic carbocycles. The molecule has 1 aromatic carbocycles. The van der Waals surface area contributed by atoms with Gasteiger partial charge in [-0.25, -0.2) is 4.79 Å². The van der Waals surface area contributed by atoms with Crippen LogP contribution in [0.4, 0.5) is 0 Å². The highest BCUT2D eigenvalue weighted by atomic mass is 35.5. The van der Waals surface area contributed by atoms with Crippen molar-refractivity contribution in [3.63, 3.8) is 0 Å². The van der Waals surface area contributed by atoms with Gasteiger partial charge >= 0.3 is 5.97 Å². The van der Waals surface area contributed by atoms with E-state index in [-0.39, 0.29) is 5.76 Å². The van der Waals surface area contributed by atoms with E-state index in [1.165, 1.54) is 6.07 Å². The summed E-state index contributed by atoms with van der Waals surface area (Å²) in [5.74, 6) is -1.17. The SMILES string of the molecule is Cc1cc(Cl)c2oc(C(=O)O)cc2c1C. The number of carbonyl (C=O) groups is 1. The molecule has 0 amide bonds. The highest BCUT2D eigenvalue weighted by molar-refractivity contribution is 6.35. The number of carboxylic acid groups (broad SMARTS) is 1. The first-order valence-electron chi connectivity index (χ1n) is 4.43. The smallest absolute Gasteiger partial charge is 0.371 e. The minimum Gasteiger partial charge on any atom is -0.475 e. The van der Waals surface area contributed by atoms with Crippen LogP contribution in [0, 0.1) is 13.8 Å². The first-order chi connectivity index (χ1) is 7.00. The molecule has 0 aliphatic heterocycles. The quantitative estimate of drug-likeness (QED) is 0.808. The normalized spacial score (nSPS) is 10.9. The molecule has 2 aromatic rings. The summed E-state index contributed by atoms with van der Waals surface area (Å²) in [6.45, 7) is 3.84. The fraction of sp³-hybridized carbons (Fsp3) is 0.182. The summed E-state index contributed by atoms with van der Waals surface area (Å²) in [6.07, 6.45) is 0. The molecule has 15 heavy (non-hydrogen) atoms. The first kappa shape index (κ1) is 10.1. The van der Waals surface area contributed by atoms with Crippen LogP contribution in [0.5, 0.6) is 0 Å². The van der Waals surface area contributed by atoms with Gasteiger partial charge in [-0.3, -0.25) is 0 Å². The largest absolute Gasteiger partial charge is 0.475 e. The molecule has 3 nitrogen and oxygen atoms in total. The molecule has 0 spiro atoms. The predicted octanol–water partition coefficient (Wildman–Crippen LogP) is 3.40. The molecule has 0 aliphatic rings. The zero-order valence-electron chi connectivity index (χ0n) is 8.30. The maximum Gasteiger partial charge on any atom is 0.371 e. The van der Waals surface area contributed by atoms with E-state index in [2.05, 4.69) is 0 Å². The van der Waals surface area contributed by atoms with Crippen LogP contribution in [0.25, 0.3) is 11.0 Å². The number of hydrogen-bond acceptors (Lipinski definition) is 2. The van der Waals surface area contributed by atoms with E-state index in [1.807, 2.05) is 13.8 Å². The molecule has 0 bridgehead atoms. The van der Waals surface area contributed by atoms with Gasteiger partial charge in [0.15, 0.2) is 5.58 Å². The highest BCUT2D eigenvalue weighted by Gasteiger charge is 2.15. The van der Waals surface area contributed by atoms with Crippen LogP contribution in [-0.4, -0.2) is 11.1 Å². The summed E-state index contributed by atoms with van der Waals surface area (Å²) < 4.78 is 5.16. The minimum atomic E-state index is -1.08. The Morgan fingerprint density at radius 1 is 1.40 bits per heavy atom. The number of halogens is 1. The van der Waals surface area contributed by atoms with Crippen molar-refractivity contribution in [2.24, 2.45) is 0 Å². The summed E-state index contributed by atoms with van der Waals surface area (Å²) >= 11 is 5.97. The molecular weight excluding hydrogens is 216 g/mol. The van der Waals surface area contributed by atoms with Gasteiger partial charge in [0.2, 0.25) is 5.76 Å². The number of carboxylic acids is 1. The van der Waals surface area contributed by atoms with E-state index in [9.17, 15) is 4.79 Å². The Morgan fingerprint density at radius 2 is 2.07 bits per heavy atom. The van der Waals surface area contributed by atoms with Crippen molar-refractivity contribution < 1.29 is 14.3 Å². The minimum absolute atomic E-state index is 0.0828. The van der Waals surface area contributed by atoms with Gasteiger partial charge in [-0.1, -0.05) is 11.6 Å². The molecule has 1 N–H and O–H groups in total. The molecule has 1 heterocycles. The second-order valence-corrected chi connectivity index (χ2v) is 3.87. The molecule has 2 rings (SSSR count). The Morgan fingerprint density at radius 3 is 2.67 bits per heavy atom. The van der Waals surface area contributed by atoms with E-state index >= 15 is 0 Å². The van der Waals surface area contributed by atoms with Crippen molar-refractivity contribution in [2.75, 3.05) is 0 Å². The molecule has 0 fully saturated rings. The molecular formula is C11H9ClO3. The molecule has 0 saturated carbocycles. The Balaban J connectivity index is 2.85. The van der Waals surface area contributed by atoms with Gasteiger partial charge in [0.1, 0.15) is 0 Å². The first-order valence-corrected chi connectivity index (χ1v) is 4.81. The standard InChI is InChI=1S/C11H9ClO3/c1-5-3-8(12)10-7(6(5)2)4-9(15-10)11(13)14/h3-4H,1-2H3,(H,13,14). The third-order valence-electron chi connectivity index (χ3n) is 2.50. The van der Waals surface area contributed by atoms with Crippen LogP contribution in [0.1, 0.15) is 21.7 Å². The van der Waals surface area contributed by atoms with Crippen LogP contribution < -0.4 is 0 Å². The number of aryl methyl sites for hydroxylation is 2. The van der Waals surface area contributed by atoms with Crippen LogP contribution in [0.2, 0.25) is 5.02 Å². The van der Waals surface area contributed by atoms with Crippen molar-refractivity contribution in [3.8, 4) is 0 Å². The Hall–Kier alpha value is -1.48. The summed E-state index contributed by atoms with van der Waals surface area (Å²) in [4.78, 5) is 10.7. The van der Waals surface area contributed by atoms with Crippen molar-refractivity contribution in [1.29, 1.82) is 0 Å². The van der Waals surface area contributed by atoms with Gasteiger partial charge in [-0.15, -0.1) is 0 Å². The van der Waals surface area contributed by atoms with Crippen LogP contribution in [0.3, 0.4) is 0 Å². The fourth-order valence-electron chi connectivity index (χ4n) is 1.53. The van der Waals surface area contributed by atoms with Gasteiger partial charge in [0.05, 0.1) is 5.02 Å². The zero-order chi connectivity index (χ0) is 11.2. The number of aromatic carboxylic acids is 1. The van der Waals surface area contributed by atoms with Gasteiger partial charge in [0.25, 0.3) is 0 Å². The van der Waals surface area contributed by atoms with Crippen molar-refractivity contribution in [2.45, 2.75) is 13.8 Å². The molecule has 0 saturated heterocycles. The zero-order valence-corrected chi connectivity index (χ0v) is 9.05. The van der Waals surface area contributed by atoms with Crippen molar-refractivity contribution in [3.05, 3.63) is 34.0 Å². The van der Waals surface area contributed by atoms with Crippen LogP contribution in [-0.2, 0) is 0 Å². The van der Waals surface area contributed by atoms with Crippen LogP contribution >= 0.6 is 11.6 Å². The average molecular weight is 225 g/mol. The summed E-state index contributed by atoms with van der Waals surface area (Å²) in [7, 11) is 0. The number of furan rings is 1.